The Labute approximate surface area is 161 Å². The summed E-state index contributed by atoms with van der Waals surface area (Å²) in [5.41, 5.74) is 5.23. The number of rotatable bonds is 7. The summed E-state index contributed by atoms with van der Waals surface area (Å²) >= 11 is 0. The number of hydrogen-bond donors (Lipinski definition) is 2. The third-order valence-corrected chi connectivity index (χ3v) is 5.66. The van der Waals surface area contributed by atoms with Crippen molar-refractivity contribution in [2.75, 3.05) is 0 Å². The van der Waals surface area contributed by atoms with Crippen molar-refractivity contribution in [2.45, 2.75) is 51.5 Å². The first-order chi connectivity index (χ1) is 12.6. The van der Waals surface area contributed by atoms with Gasteiger partial charge >= 0.3 is 0 Å². The highest BCUT2D eigenvalue weighted by Crippen LogP contribution is 2.21. The fourth-order valence-electron chi connectivity index (χ4n) is 2.41. The van der Waals surface area contributed by atoms with E-state index in [1.165, 1.54) is 12.1 Å². The first-order valence-electron chi connectivity index (χ1n) is 8.76. The molecule has 0 saturated carbocycles. The van der Waals surface area contributed by atoms with E-state index in [1.807, 2.05) is 39.8 Å². The number of benzene rings is 2. The predicted molar refractivity (Wildman–Crippen MR) is 105 cm³/mol. The summed E-state index contributed by atoms with van der Waals surface area (Å²) in [6, 6.07) is 12.1. The maximum absolute atomic E-state index is 12.3. The van der Waals surface area contributed by atoms with Crippen LogP contribution in [0.1, 0.15) is 43.4 Å². The summed E-state index contributed by atoms with van der Waals surface area (Å²) in [7, 11) is -3.86. The summed E-state index contributed by atoms with van der Waals surface area (Å²) < 4.78 is 30.3. The first kappa shape index (κ1) is 20.9. The molecule has 0 heterocycles. The molecule has 1 amide bonds. The van der Waals surface area contributed by atoms with Gasteiger partial charge in [0.2, 0.25) is 0 Å². The SMILES string of the molecule is Cc1cccc(O[C@@H](C)C(=O)NNS(=O)(=O)c2ccc(C(C)C)cc2)c1C. The molecule has 2 N–H and O–H groups in total. The van der Waals surface area contributed by atoms with Gasteiger partial charge in [-0.05, 0) is 61.6 Å². The predicted octanol–water partition coefficient (Wildman–Crippen LogP) is 3.20. The van der Waals surface area contributed by atoms with Crippen molar-refractivity contribution in [1.82, 2.24) is 10.3 Å². The van der Waals surface area contributed by atoms with Gasteiger partial charge < -0.3 is 4.74 Å². The van der Waals surface area contributed by atoms with Crippen molar-refractivity contribution >= 4 is 15.9 Å². The zero-order valence-electron chi connectivity index (χ0n) is 16.2. The van der Waals surface area contributed by atoms with E-state index in [-0.39, 0.29) is 4.90 Å². The van der Waals surface area contributed by atoms with Crippen LogP contribution in [0.2, 0.25) is 0 Å². The second-order valence-corrected chi connectivity index (χ2v) is 8.46. The largest absolute Gasteiger partial charge is 0.481 e. The van der Waals surface area contributed by atoms with Gasteiger partial charge in [-0.25, -0.2) is 8.42 Å². The minimum absolute atomic E-state index is 0.0790. The Kier molecular flexibility index (Phi) is 6.62. The van der Waals surface area contributed by atoms with Gasteiger partial charge in [0.05, 0.1) is 4.90 Å². The van der Waals surface area contributed by atoms with Crippen molar-refractivity contribution in [1.29, 1.82) is 0 Å². The topological polar surface area (TPSA) is 84.5 Å². The van der Waals surface area contributed by atoms with Gasteiger partial charge in [-0.2, -0.15) is 0 Å². The zero-order valence-corrected chi connectivity index (χ0v) is 17.1. The lowest BCUT2D eigenvalue weighted by Crippen LogP contribution is -2.47. The van der Waals surface area contributed by atoms with E-state index in [0.717, 1.165) is 16.7 Å². The number of carbonyl (C=O) groups is 1. The molecule has 0 radical (unpaired) electrons. The van der Waals surface area contributed by atoms with E-state index in [2.05, 4.69) is 10.3 Å². The van der Waals surface area contributed by atoms with Crippen LogP contribution in [0.3, 0.4) is 0 Å². The summed E-state index contributed by atoms with van der Waals surface area (Å²) in [6.07, 6.45) is -0.864. The van der Waals surface area contributed by atoms with Crippen LogP contribution in [0.5, 0.6) is 5.75 Å². The number of aryl methyl sites for hydroxylation is 1. The highest BCUT2D eigenvalue weighted by Gasteiger charge is 2.20. The van der Waals surface area contributed by atoms with Crippen molar-refractivity contribution < 1.29 is 17.9 Å². The van der Waals surface area contributed by atoms with Gasteiger partial charge in [0.1, 0.15) is 5.75 Å². The summed E-state index contributed by atoms with van der Waals surface area (Å²) in [5, 5.41) is 0. The molecule has 0 aliphatic carbocycles. The Morgan fingerprint density at radius 2 is 1.63 bits per heavy atom. The van der Waals surface area contributed by atoms with Crippen molar-refractivity contribution in [3.63, 3.8) is 0 Å². The molecule has 27 heavy (non-hydrogen) atoms. The van der Waals surface area contributed by atoms with Crippen LogP contribution in [-0.4, -0.2) is 20.4 Å². The molecule has 1 atom stereocenters. The minimum Gasteiger partial charge on any atom is -0.481 e. The zero-order chi connectivity index (χ0) is 20.2. The molecule has 0 saturated heterocycles. The van der Waals surface area contributed by atoms with Crippen LogP contribution < -0.4 is 15.0 Å². The molecule has 146 valence electrons. The van der Waals surface area contributed by atoms with E-state index in [4.69, 9.17) is 4.74 Å². The molecule has 0 aliphatic rings. The normalized spacial score (nSPS) is 12.7. The van der Waals surface area contributed by atoms with Crippen LogP contribution in [0.15, 0.2) is 47.4 Å². The van der Waals surface area contributed by atoms with Crippen LogP contribution in [0.25, 0.3) is 0 Å². The maximum Gasteiger partial charge on any atom is 0.275 e. The molecule has 0 bridgehead atoms. The van der Waals surface area contributed by atoms with E-state index in [9.17, 15) is 13.2 Å². The molecule has 2 aromatic rings. The van der Waals surface area contributed by atoms with Crippen LogP contribution >= 0.6 is 0 Å². The first-order valence-corrected chi connectivity index (χ1v) is 10.2. The minimum atomic E-state index is -3.86. The maximum atomic E-state index is 12.3. The average molecular weight is 391 g/mol. The molecular weight excluding hydrogens is 364 g/mol. The molecule has 0 fully saturated rings. The Bertz CT molecular complexity index is 906. The lowest BCUT2D eigenvalue weighted by atomic mass is 10.0. The van der Waals surface area contributed by atoms with Crippen molar-refractivity contribution in [3.05, 3.63) is 59.2 Å². The number of ether oxygens (including phenoxy) is 1. The molecule has 7 heteroatoms. The third kappa shape index (κ3) is 5.30. The molecule has 0 unspecified atom stereocenters. The van der Waals surface area contributed by atoms with Gasteiger partial charge in [0, 0.05) is 0 Å². The lowest BCUT2D eigenvalue weighted by molar-refractivity contribution is -0.127. The van der Waals surface area contributed by atoms with Crippen molar-refractivity contribution in [3.8, 4) is 5.75 Å². The highest BCUT2D eigenvalue weighted by atomic mass is 32.2. The van der Waals surface area contributed by atoms with E-state index < -0.39 is 22.0 Å². The van der Waals surface area contributed by atoms with E-state index in [0.29, 0.717) is 11.7 Å². The number of hydrazine groups is 1. The molecular formula is C20H26N2O4S. The number of sulfonamides is 1. The van der Waals surface area contributed by atoms with E-state index >= 15 is 0 Å². The summed E-state index contributed by atoms with van der Waals surface area (Å²) in [6.45, 7) is 9.46. The van der Waals surface area contributed by atoms with Gasteiger partial charge in [-0.3, -0.25) is 10.2 Å². The summed E-state index contributed by atoms with van der Waals surface area (Å²) in [4.78, 5) is 14.4. The average Bonchev–Trinajstić information content (AvgIpc) is 2.63. The highest BCUT2D eigenvalue weighted by molar-refractivity contribution is 7.89. The summed E-state index contributed by atoms with van der Waals surface area (Å²) in [5.74, 6) is 0.306. The molecule has 0 aromatic heterocycles. The third-order valence-electron chi connectivity index (χ3n) is 4.39. The molecule has 6 nitrogen and oxygen atoms in total. The van der Waals surface area contributed by atoms with Gasteiger partial charge in [-0.1, -0.05) is 38.1 Å². The number of nitrogens with one attached hydrogen (secondary N) is 2. The van der Waals surface area contributed by atoms with Gasteiger partial charge in [0.25, 0.3) is 15.9 Å². The quantitative estimate of drug-likeness (QED) is 0.711. The Hall–Kier alpha value is -2.38. The fraction of sp³-hybridized carbons (Fsp3) is 0.350. The number of carbonyl (C=O) groups excluding carboxylic acids is 1. The number of amides is 1. The smallest absolute Gasteiger partial charge is 0.275 e. The monoisotopic (exact) mass is 390 g/mol. The van der Waals surface area contributed by atoms with Gasteiger partial charge in [-0.15, -0.1) is 4.83 Å². The molecule has 0 spiro atoms. The van der Waals surface area contributed by atoms with Crippen molar-refractivity contribution in [2.24, 2.45) is 0 Å². The molecule has 2 rings (SSSR count). The Morgan fingerprint density at radius 3 is 2.22 bits per heavy atom. The lowest BCUT2D eigenvalue weighted by Gasteiger charge is -2.17. The standard InChI is InChI=1S/C20H26N2O4S/c1-13(2)17-9-11-18(12-10-17)27(24,25)22-21-20(23)16(5)26-19-8-6-7-14(3)15(19)4/h6-13,16,22H,1-5H3,(H,21,23)/t16-/m0/s1. The second-order valence-electron chi connectivity index (χ2n) is 6.78. The fourth-order valence-corrected chi connectivity index (χ4v) is 3.25. The second kappa shape index (κ2) is 8.54. The van der Waals surface area contributed by atoms with E-state index in [1.54, 1.807) is 25.1 Å². The number of hydrogen-bond acceptors (Lipinski definition) is 4. The van der Waals surface area contributed by atoms with Crippen LogP contribution in [0.4, 0.5) is 0 Å². The van der Waals surface area contributed by atoms with Crippen LogP contribution in [-0.2, 0) is 14.8 Å². The van der Waals surface area contributed by atoms with Crippen LogP contribution in [0, 0.1) is 13.8 Å². The molecule has 0 aliphatic heterocycles. The molecule has 2 aromatic carbocycles. The Balaban J connectivity index is 1.99. The van der Waals surface area contributed by atoms with Gasteiger partial charge in [0.15, 0.2) is 6.10 Å². The Morgan fingerprint density at radius 1 is 1.00 bits per heavy atom.